The molecule has 0 aliphatic carbocycles. The van der Waals surface area contributed by atoms with E-state index >= 15 is 0 Å². The summed E-state index contributed by atoms with van der Waals surface area (Å²) in [6.45, 7) is 0.768. The number of hydrazine groups is 2. The van der Waals surface area contributed by atoms with Crippen LogP contribution in [0.15, 0.2) is 0 Å². The largest absolute Gasteiger partial charge is 0.468 e. The SMILES string of the molecule is COC(=O)C1NCC2NNNC21. The van der Waals surface area contributed by atoms with Gasteiger partial charge in [0, 0.05) is 6.54 Å². The lowest BCUT2D eigenvalue weighted by molar-refractivity contribution is -0.143. The molecule has 4 N–H and O–H groups in total. The smallest absolute Gasteiger partial charge is 0.324 e. The molecule has 0 aromatic heterocycles. The number of nitrogens with one attached hydrogen (secondary N) is 4. The number of methoxy groups -OCH3 is 1. The third-order valence-electron chi connectivity index (χ3n) is 2.30. The standard InChI is InChI=1S/C6H12N4O2/c1-12-6(11)5-4-3(2-7-5)8-10-9-4/h3-5,7-10H,2H2,1H3. The molecule has 0 bridgehead atoms. The van der Waals surface area contributed by atoms with E-state index in [-0.39, 0.29) is 24.1 Å². The summed E-state index contributed by atoms with van der Waals surface area (Å²) < 4.78 is 4.65. The number of rotatable bonds is 1. The van der Waals surface area contributed by atoms with Crippen molar-refractivity contribution in [3.05, 3.63) is 0 Å². The molecule has 2 rings (SSSR count). The molecule has 3 unspecified atom stereocenters. The summed E-state index contributed by atoms with van der Waals surface area (Å²) in [5, 5.41) is 3.07. The average molecular weight is 172 g/mol. The number of fused-ring (bicyclic) bond motifs is 1. The van der Waals surface area contributed by atoms with E-state index < -0.39 is 0 Å². The van der Waals surface area contributed by atoms with Crippen LogP contribution in [0.2, 0.25) is 0 Å². The van der Waals surface area contributed by atoms with E-state index in [1.165, 1.54) is 7.11 Å². The highest BCUT2D eigenvalue weighted by Gasteiger charge is 2.43. The zero-order chi connectivity index (χ0) is 8.55. The third-order valence-corrected chi connectivity index (χ3v) is 2.30. The first-order chi connectivity index (χ1) is 5.83. The summed E-state index contributed by atoms with van der Waals surface area (Å²) in [5.41, 5.74) is 8.74. The van der Waals surface area contributed by atoms with Gasteiger partial charge in [0.25, 0.3) is 0 Å². The van der Waals surface area contributed by atoms with E-state index in [9.17, 15) is 4.79 Å². The lowest BCUT2D eigenvalue weighted by atomic mass is 10.1. The molecule has 68 valence electrons. The summed E-state index contributed by atoms with van der Waals surface area (Å²) in [5.74, 6) is -0.222. The number of esters is 1. The van der Waals surface area contributed by atoms with Gasteiger partial charge in [0.2, 0.25) is 0 Å². The van der Waals surface area contributed by atoms with E-state index in [1.54, 1.807) is 0 Å². The van der Waals surface area contributed by atoms with Gasteiger partial charge in [-0.1, -0.05) is 0 Å². The predicted octanol–water partition coefficient (Wildman–Crippen LogP) is -2.52. The molecule has 0 amide bonds. The average Bonchev–Trinajstić information content (AvgIpc) is 2.62. The van der Waals surface area contributed by atoms with Crippen molar-refractivity contribution < 1.29 is 9.53 Å². The molecule has 6 heteroatoms. The minimum Gasteiger partial charge on any atom is -0.468 e. The maximum absolute atomic E-state index is 11.2. The number of carbonyl (C=O) groups excluding carboxylic acids is 1. The third kappa shape index (κ3) is 1.09. The maximum Gasteiger partial charge on any atom is 0.324 e. The van der Waals surface area contributed by atoms with Gasteiger partial charge in [-0.3, -0.25) is 4.79 Å². The fourth-order valence-corrected chi connectivity index (χ4v) is 1.64. The summed E-state index contributed by atoms with van der Waals surface area (Å²) >= 11 is 0. The Morgan fingerprint density at radius 2 is 2.33 bits per heavy atom. The Morgan fingerprint density at radius 1 is 1.50 bits per heavy atom. The van der Waals surface area contributed by atoms with Crippen LogP contribution in [-0.2, 0) is 9.53 Å². The first-order valence-corrected chi connectivity index (χ1v) is 3.90. The molecular weight excluding hydrogens is 160 g/mol. The second kappa shape index (κ2) is 2.98. The molecule has 2 aliphatic rings. The molecule has 2 fully saturated rings. The van der Waals surface area contributed by atoms with Gasteiger partial charge in [0.05, 0.1) is 19.2 Å². The van der Waals surface area contributed by atoms with Crippen LogP contribution in [0, 0.1) is 0 Å². The molecule has 0 spiro atoms. The lowest BCUT2D eigenvalue weighted by Crippen LogP contribution is -2.48. The highest BCUT2D eigenvalue weighted by atomic mass is 16.5. The minimum atomic E-state index is -0.248. The first kappa shape index (κ1) is 7.93. The number of hydrogen-bond donors (Lipinski definition) is 4. The Labute approximate surface area is 70.0 Å². The molecule has 2 heterocycles. The van der Waals surface area contributed by atoms with E-state index in [4.69, 9.17) is 0 Å². The van der Waals surface area contributed by atoms with Gasteiger partial charge in [-0.2, -0.15) is 5.53 Å². The van der Waals surface area contributed by atoms with Crippen LogP contribution in [0.3, 0.4) is 0 Å². The van der Waals surface area contributed by atoms with Gasteiger partial charge in [0.1, 0.15) is 6.04 Å². The van der Waals surface area contributed by atoms with Crippen molar-refractivity contribution in [1.82, 2.24) is 21.7 Å². The molecule has 12 heavy (non-hydrogen) atoms. The van der Waals surface area contributed by atoms with Crippen LogP contribution in [0.5, 0.6) is 0 Å². The van der Waals surface area contributed by atoms with Gasteiger partial charge < -0.3 is 10.1 Å². The highest BCUT2D eigenvalue weighted by Crippen LogP contribution is 2.10. The Kier molecular flexibility index (Phi) is 1.97. The zero-order valence-electron chi connectivity index (χ0n) is 6.76. The summed E-state index contributed by atoms with van der Waals surface area (Å²) in [7, 11) is 1.40. The van der Waals surface area contributed by atoms with Gasteiger partial charge in [0.15, 0.2) is 0 Å². The van der Waals surface area contributed by atoms with E-state index in [0.29, 0.717) is 0 Å². The van der Waals surface area contributed by atoms with Crippen molar-refractivity contribution in [2.45, 2.75) is 18.1 Å². The molecule has 2 aliphatic heterocycles. The second-order valence-electron chi connectivity index (χ2n) is 2.96. The molecule has 6 nitrogen and oxygen atoms in total. The Morgan fingerprint density at radius 3 is 3.08 bits per heavy atom. The van der Waals surface area contributed by atoms with E-state index in [0.717, 1.165) is 6.54 Å². The predicted molar refractivity (Wildman–Crippen MR) is 40.8 cm³/mol. The number of ether oxygens (including phenoxy) is 1. The van der Waals surface area contributed by atoms with Crippen molar-refractivity contribution in [2.24, 2.45) is 0 Å². The van der Waals surface area contributed by atoms with Crippen molar-refractivity contribution >= 4 is 5.97 Å². The van der Waals surface area contributed by atoms with Crippen LogP contribution in [-0.4, -0.2) is 37.7 Å². The Bertz CT molecular complexity index is 198. The molecule has 2 saturated heterocycles. The quantitative estimate of drug-likeness (QED) is 0.327. The molecule has 0 aromatic carbocycles. The van der Waals surface area contributed by atoms with Crippen molar-refractivity contribution in [2.75, 3.05) is 13.7 Å². The molecule has 0 saturated carbocycles. The fourth-order valence-electron chi connectivity index (χ4n) is 1.64. The molecule has 0 radical (unpaired) electrons. The summed E-state index contributed by atoms with van der Waals surface area (Å²) in [6, 6.07) is 0.0917. The molecular formula is C6H12N4O2. The fraction of sp³-hybridized carbons (Fsp3) is 0.833. The van der Waals surface area contributed by atoms with Crippen LogP contribution < -0.4 is 21.7 Å². The molecule has 3 atom stereocenters. The van der Waals surface area contributed by atoms with E-state index in [1.807, 2.05) is 0 Å². The zero-order valence-corrected chi connectivity index (χ0v) is 6.76. The summed E-state index contributed by atoms with van der Waals surface area (Å²) in [4.78, 5) is 11.2. The van der Waals surface area contributed by atoms with Crippen LogP contribution >= 0.6 is 0 Å². The van der Waals surface area contributed by atoms with Gasteiger partial charge in [-0.15, -0.1) is 0 Å². The normalized spacial score (nSPS) is 39.6. The number of hydrogen-bond acceptors (Lipinski definition) is 6. The minimum absolute atomic E-state index is 0.0810. The first-order valence-electron chi connectivity index (χ1n) is 3.90. The van der Waals surface area contributed by atoms with Gasteiger partial charge in [-0.05, 0) is 0 Å². The van der Waals surface area contributed by atoms with Crippen molar-refractivity contribution in [3.8, 4) is 0 Å². The van der Waals surface area contributed by atoms with Crippen LogP contribution in [0.25, 0.3) is 0 Å². The Hall–Kier alpha value is -0.690. The number of carbonyl (C=O) groups is 1. The second-order valence-corrected chi connectivity index (χ2v) is 2.96. The van der Waals surface area contributed by atoms with Crippen molar-refractivity contribution in [1.29, 1.82) is 0 Å². The summed E-state index contributed by atoms with van der Waals surface area (Å²) in [6.07, 6.45) is 0. The van der Waals surface area contributed by atoms with Gasteiger partial charge in [-0.25, -0.2) is 10.9 Å². The highest BCUT2D eigenvalue weighted by molar-refractivity contribution is 5.77. The monoisotopic (exact) mass is 172 g/mol. The van der Waals surface area contributed by atoms with Crippen LogP contribution in [0.4, 0.5) is 0 Å². The molecule has 0 aromatic rings. The van der Waals surface area contributed by atoms with E-state index in [2.05, 4.69) is 26.4 Å². The maximum atomic E-state index is 11.2. The van der Waals surface area contributed by atoms with Crippen molar-refractivity contribution in [3.63, 3.8) is 0 Å². The topological polar surface area (TPSA) is 74.4 Å². The van der Waals surface area contributed by atoms with Crippen LogP contribution in [0.1, 0.15) is 0 Å². The van der Waals surface area contributed by atoms with Gasteiger partial charge >= 0.3 is 5.97 Å². The lowest BCUT2D eigenvalue weighted by Gasteiger charge is -2.14. The Balaban J connectivity index is 2.04.